The Bertz CT molecular complexity index is 484. The number of rotatable bonds is 6. The van der Waals surface area contributed by atoms with Crippen molar-refractivity contribution < 1.29 is 14.7 Å². The van der Waals surface area contributed by atoms with Crippen LogP contribution < -0.4 is 0 Å². The first-order valence-corrected chi connectivity index (χ1v) is 7.17. The van der Waals surface area contributed by atoms with Gasteiger partial charge >= 0.3 is 5.97 Å². The highest BCUT2D eigenvalue weighted by molar-refractivity contribution is 7.98. The molecule has 0 saturated heterocycles. The summed E-state index contributed by atoms with van der Waals surface area (Å²) in [7, 11) is 0. The number of nitrogens with zero attached hydrogens (tertiary/aromatic N) is 3. The van der Waals surface area contributed by atoms with Crippen molar-refractivity contribution in [1.29, 1.82) is 0 Å². The van der Waals surface area contributed by atoms with Crippen LogP contribution in [0.3, 0.4) is 0 Å². The molecule has 6 nitrogen and oxygen atoms in total. The summed E-state index contributed by atoms with van der Waals surface area (Å²) in [5.41, 5.74) is 0.105. The van der Waals surface area contributed by atoms with Crippen molar-refractivity contribution in [3.05, 3.63) is 16.9 Å². The molecular formula is C11H14ClN3O3S. The molecule has 0 aliphatic heterocycles. The Morgan fingerprint density at radius 3 is 2.74 bits per heavy atom. The van der Waals surface area contributed by atoms with Crippen molar-refractivity contribution in [2.24, 2.45) is 0 Å². The highest BCUT2D eigenvalue weighted by Crippen LogP contribution is 2.18. The first-order valence-electron chi connectivity index (χ1n) is 5.57. The molecule has 0 spiro atoms. The normalized spacial score (nSPS) is 10.3. The van der Waals surface area contributed by atoms with Gasteiger partial charge in [0.15, 0.2) is 10.9 Å². The number of aliphatic carboxylic acids is 1. The molecule has 0 radical (unpaired) electrons. The van der Waals surface area contributed by atoms with E-state index in [0.717, 1.165) is 0 Å². The molecular weight excluding hydrogens is 290 g/mol. The summed E-state index contributed by atoms with van der Waals surface area (Å²) < 4.78 is 0. The van der Waals surface area contributed by atoms with E-state index in [9.17, 15) is 9.59 Å². The van der Waals surface area contributed by atoms with Gasteiger partial charge in [-0.05, 0) is 13.2 Å². The van der Waals surface area contributed by atoms with Gasteiger partial charge < -0.3 is 10.0 Å². The third kappa shape index (κ3) is 4.36. The molecule has 8 heteroatoms. The average Bonchev–Trinajstić information content (AvgIpc) is 2.39. The topological polar surface area (TPSA) is 83.4 Å². The van der Waals surface area contributed by atoms with Crippen LogP contribution in [0.15, 0.2) is 11.4 Å². The van der Waals surface area contributed by atoms with Gasteiger partial charge in [0.1, 0.15) is 0 Å². The minimum absolute atomic E-state index is 0.105. The van der Waals surface area contributed by atoms with Crippen molar-refractivity contribution in [2.75, 3.05) is 19.3 Å². The van der Waals surface area contributed by atoms with E-state index < -0.39 is 5.97 Å². The summed E-state index contributed by atoms with van der Waals surface area (Å²) in [6.45, 7) is 2.28. The first kappa shape index (κ1) is 15.7. The van der Waals surface area contributed by atoms with E-state index >= 15 is 0 Å². The molecule has 1 aromatic heterocycles. The third-order valence-electron chi connectivity index (χ3n) is 2.37. The molecule has 1 aromatic rings. The number of amides is 1. The zero-order chi connectivity index (χ0) is 14.4. The Morgan fingerprint density at radius 1 is 1.53 bits per heavy atom. The predicted molar refractivity (Wildman–Crippen MR) is 72.7 cm³/mol. The minimum Gasteiger partial charge on any atom is -0.481 e. The lowest BCUT2D eigenvalue weighted by Gasteiger charge is -2.19. The van der Waals surface area contributed by atoms with Gasteiger partial charge in [0.2, 0.25) is 0 Å². The smallest absolute Gasteiger partial charge is 0.305 e. The quantitative estimate of drug-likeness (QED) is 0.637. The van der Waals surface area contributed by atoms with Gasteiger partial charge in [-0.2, -0.15) is 0 Å². The van der Waals surface area contributed by atoms with E-state index in [1.165, 1.54) is 22.9 Å². The second-order valence-electron chi connectivity index (χ2n) is 3.58. The van der Waals surface area contributed by atoms with E-state index in [4.69, 9.17) is 16.7 Å². The second kappa shape index (κ2) is 7.30. The van der Waals surface area contributed by atoms with E-state index in [1.807, 2.05) is 0 Å². The molecule has 0 fully saturated rings. The number of carboxylic acids is 1. The number of carbonyl (C=O) groups is 2. The van der Waals surface area contributed by atoms with Crippen LogP contribution in [0, 0.1) is 0 Å². The average molecular weight is 304 g/mol. The van der Waals surface area contributed by atoms with E-state index in [1.54, 1.807) is 13.2 Å². The fourth-order valence-electron chi connectivity index (χ4n) is 1.38. The number of halogens is 1. The summed E-state index contributed by atoms with van der Waals surface area (Å²) in [4.78, 5) is 32.2. The first-order chi connectivity index (χ1) is 8.99. The third-order valence-corrected chi connectivity index (χ3v) is 3.21. The second-order valence-corrected chi connectivity index (χ2v) is 4.76. The van der Waals surface area contributed by atoms with Gasteiger partial charge in [-0.25, -0.2) is 9.97 Å². The minimum atomic E-state index is -0.954. The van der Waals surface area contributed by atoms with Crippen molar-refractivity contribution in [1.82, 2.24) is 14.9 Å². The Labute approximate surface area is 120 Å². The number of carbonyl (C=O) groups excluding carboxylic acids is 1. The molecule has 1 N–H and O–H groups in total. The van der Waals surface area contributed by atoms with Crippen molar-refractivity contribution in [3.63, 3.8) is 0 Å². The van der Waals surface area contributed by atoms with Crippen LogP contribution in [0.4, 0.5) is 0 Å². The molecule has 19 heavy (non-hydrogen) atoms. The van der Waals surface area contributed by atoms with Gasteiger partial charge in [0.25, 0.3) is 5.91 Å². The lowest BCUT2D eigenvalue weighted by Crippen LogP contribution is -2.33. The van der Waals surface area contributed by atoms with E-state index in [-0.39, 0.29) is 29.6 Å². The van der Waals surface area contributed by atoms with Gasteiger partial charge in [0, 0.05) is 13.1 Å². The lowest BCUT2D eigenvalue weighted by molar-refractivity contribution is -0.137. The molecule has 0 unspecified atom stereocenters. The zero-order valence-corrected chi connectivity index (χ0v) is 12.2. The van der Waals surface area contributed by atoms with E-state index in [2.05, 4.69) is 9.97 Å². The summed E-state index contributed by atoms with van der Waals surface area (Å²) >= 11 is 7.21. The van der Waals surface area contributed by atoms with E-state index in [0.29, 0.717) is 11.7 Å². The van der Waals surface area contributed by atoms with Crippen LogP contribution in [0.25, 0.3) is 0 Å². The highest BCUT2D eigenvalue weighted by Gasteiger charge is 2.20. The highest BCUT2D eigenvalue weighted by atomic mass is 35.5. The van der Waals surface area contributed by atoms with Gasteiger partial charge in [0.05, 0.1) is 17.6 Å². The largest absolute Gasteiger partial charge is 0.481 e. The summed E-state index contributed by atoms with van der Waals surface area (Å²) in [5, 5.41) is 9.26. The Balaban J connectivity index is 2.93. The van der Waals surface area contributed by atoms with Gasteiger partial charge in [-0.3, -0.25) is 9.59 Å². The van der Waals surface area contributed by atoms with Crippen molar-refractivity contribution in [2.45, 2.75) is 18.5 Å². The monoisotopic (exact) mass is 303 g/mol. The molecule has 1 amide bonds. The Morgan fingerprint density at radius 2 is 2.21 bits per heavy atom. The van der Waals surface area contributed by atoms with Gasteiger partial charge in [-0.1, -0.05) is 23.4 Å². The number of thioether (sulfide) groups is 1. The number of carboxylic acid groups (broad SMARTS) is 1. The Kier molecular flexibility index (Phi) is 6.04. The predicted octanol–water partition coefficient (Wildman–Crippen LogP) is 1.79. The molecule has 0 bridgehead atoms. The number of hydrogen-bond donors (Lipinski definition) is 1. The maximum atomic E-state index is 12.2. The van der Waals surface area contributed by atoms with Crippen molar-refractivity contribution >= 4 is 35.2 Å². The van der Waals surface area contributed by atoms with Crippen LogP contribution in [-0.2, 0) is 4.79 Å². The number of aromatic nitrogens is 2. The van der Waals surface area contributed by atoms with Crippen LogP contribution in [-0.4, -0.2) is 51.2 Å². The standard InChI is InChI=1S/C11H14ClN3O3S/c1-3-15(5-4-8(16)17)10(18)9-7(12)6-13-11(14-9)19-2/h6H,3-5H2,1-2H3,(H,16,17). The molecule has 0 aromatic carbocycles. The molecule has 1 rings (SSSR count). The van der Waals surface area contributed by atoms with Crippen LogP contribution >= 0.6 is 23.4 Å². The van der Waals surface area contributed by atoms with Crippen LogP contribution in [0.1, 0.15) is 23.8 Å². The molecule has 104 valence electrons. The molecule has 0 aliphatic rings. The SMILES string of the molecule is CCN(CCC(=O)O)C(=O)c1nc(SC)ncc1Cl. The van der Waals surface area contributed by atoms with Gasteiger partial charge in [-0.15, -0.1) is 0 Å². The number of hydrogen-bond acceptors (Lipinski definition) is 5. The maximum Gasteiger partial charge on any atom is 0.305 e. The maximum absolute atomic E-state index is 12.2. The lowest BCUT2D eigenvalue weighted by atomic mass is 10.3. The summed E-state index contributed by atoms with van der Waals surface area (Å²) in [6, 6.07) is 0. The molecule has 1 heterocycles. The van der Waals surface area contributed by atoms with Crippen LogP contribution in [0.5, 0.6) is 0 Å². The fourth-order valence-corrected chi connectivity index (χ4v) is 1.90. The van der Waals surface area contributed by atoms with Crippen molar-refractivity contribution in [3.8, 4) is 0 Å². The molecule has 0 atom stereocenters. The van der Waals surface area contributed by atoms with Crippen LogP contribution in [0.2, 0.25) is 5.02 Å². The molecule has 0 saturated carbocycles. The summed E-state index contributed by atoms with van der Waals surface area (Å²) in [5.74, 6) is -1.34. The molecule has 0 aliphatic carbocycles. The summed E-state index contributed by atoms with van der Waals surface area (Å²) in [6.07, 6.45) is 3.05. The fraction of sp³-hybridized carbons (Fsp3) is 0.455. The zero-order valence-electron chi connectivity index (χ0n) is 10.6. The Hall–Kier alpha value is -1.34.